The van der Waals surface area contributed by atoms with Crippen LogP contribution in [0.15, 0.2) is 59.5 Å². The molecule has 1 unspecified atom stereocenters. The summed E-state index contributed by atoms with van der Waals surface area (Å²) in [6.07, 6.45) is 2.46. The van der Waals surface area contributed by atoms with Crippen LogP contribution in [-0.4, -0.2) is 41.5 Å². The van der Waals surface area contributed by atoms with Gasteiger partial charge in [-0.2, -0.15) is 0 Å². The van der Waals surface area contributed by atoms with Gasteiger partial charge in [0.2, 0.25) is 0 Å². The van der Waals surface area contributed by atoms with E-state index in [-0.39, 0.29) is 6.03 Å². The van der Waals surface area contributed by atoms with E-state index in [1.807, 2.05) is 30.3 Å². The predicted octanol–water partition coefficient (Wildman–Crippen LogP) is 3.39. The number of carbonyl (C=O) groups is 1. The van der Waals surface area contributed by atoms with Gasteiger partial charge in [-0.05, 0) is 36.8 Å². The number of amides is 2. The summed E-state index contributed by atoms with van der Waals surface area (Å²) in [4.78, 5) is 14.5. The van der Waals surface area contributed by atoms with E-state index in [0.29, 0.717) is 17.1 Å². The lowest BCUT2D eigenvalue weighted by Crippen LogP contribution is -2.32. The molecule has 0 saturated carbocycles. The molecule has 0 radical (unpaired) electrons. The Morgan fingerprint density at radius 3 is 2.50 bits per heavy atom. The summed E-state index contributed by atoms with van der Waals surface area (Å²) in [5.74, 6) is 0. The minimum Gasteiger partial charge on any atom is -0.385 e. The van der Waals surface area contributed by atoms with Crippen LogP contribution in [0.5, 0.6) is 0 Å². The first-order chi connectivity index (χ1) is 11.6. The summed E-state index contributed by atoms with van der Waals surface area (Å²) in [7, 11) is 0.701. The Labute approximate surface area is 145 Å². The second-order valence-corrected chi connectivity index (χ2v) is 6.86. The fourth-order valence-electron chi connectivity index (χ4n) is 2.18. The van der Waals surface area contributed by atoms with Gasteiger partial charge in [0.1, 0.15) is 0 Å². The minimum absolute atomic E-state index is 0.172. The Balaban J connectivity index is 1.76. The SMILES string of the molecule is CN(CCCNc1ccccc1)C(=O)Nc1cccc(S(C)=O)c1. The third kappa shape index (κ3) is 5.70. The fourth-order valence-corrected chi connectivity index (χ4v) is 2.74. The molecule has 24 heavy (non-hydrogen) atoms. The van der Waals surface area contributed by atoms with E-state index < -0.39 is 10.8 Å². The maximum absolute atomic E-state index is 12.2. The van der Waals surface area contributed by atoms with Crippen LogP contribution in [0.2, 0.25) is 0 Å². The van der Waals surface area contributed by atoms with Gasteiger partial charge in [-0.3, -0.25) is 4.21 Å². The van der Waals surface area contributed by atoms with Crippen molar-refractivity contribution in [1.82, 2.24) is 4.90 Å². The molecular weight excluding hydrogens is 322 g/mol. The quantitative estimate of drug-likeness (QED) is 0.756. The maximum atomic E-state index is 12.2. The van der Waals surface area contributed by atoms with Gasteiger partial charge in [-0.15, -0.1) is 0 Å². The number of carbonyl (C=O) groups excluding carboxylic acids is 1. The van der Waals surface area contributed by atoms with Crippen molar-refractivity contribution in [1.29, 1.82) is 0 Å². The summed E-state index contributed by atoms with van der Waals surface area (Å²) in [5.41, 5.74) is 1.73. The lowest BCUT2D eigenvalue weighted by Gasteiger charge is -2.18. The Morgan fingerprint density at radius 1 is 1.08 bits per heavy atom. The molecule has 128 valence electrons. The average Bonchev–Trinajstić information content (AvgIpc) is 2.59. The Morgan fingerprint density at radius 2 is 1.79 bits per heavy atom. The molecule has 0 saturated heterocycles. The van der Waals surface area contributed by atoms with Crippen molar-refractivity contribution in [3.63, 3.8) is 0 Å². The van der Waals surface area contributed by atoms with Crippen LogP contribution in [0.1, 0.15) is 6.42 Å². The van der Waals surface area contributed by atoms with Crippen LogP contribution in [0, 0.1) is 0 Å². The van der Waals surface area contributed by atoms with Gasteiger partial charge in [0, 0.05) is 53.5 Å². The minimum atomic E-state index is -1.06. The first kappa shape index (κ1) is 18.0. The largest absolute Gasteiger partial charge is 0.385 e. The molecule has 0 spiro atoms. The summed E-state index contributed by atoms with van der Waals surface area (Å²) < 4.78 is 11.5. The average molecular weight is 345 g/mol. The zero-order chi connectivity index (χ0) is 17.4. The van der Waals surface area contributed by atoms with Crippen molar-refractivity contribution >= 4 is 28.2 Å². The molecule has 0 aliphatic rings. The molecule has 0 bridgehead atoms. The van der Waals surface area contributed by atoms with Crippen LogP contribution >= 0.6 is 0 Å². The van der Waals surface area contributed by atoms with Gasteiger partial charge < -0.3 is 15.5 Å². The van der Waals surface area contributed by atoms with Gasteiger partial charge in [0.05, 0.1) is 0 Å². The number of nitrogens with one attached hydrogen (secondary N) is 2. The van der Waals surface area contributed by atoms with Gasteiger partial charge in [-0.1, -0.05) is 24.3 Å². The standard InChI is InChI=1S/C18H23N3O2S/c1-21(13-7-12-19-15-8-4-3-5-9-15)18(22)20-16-10-6-11-17(14-16)24(2)23/h3-6,8-11,14,19H,7,12-13H2,1-2H3,(H,20,22). The van der Waals surface area contributed by atoms with Gasteiger partial charge in [0.25, 0.3) is 0 Å². The normalized spacial score (nSPS) is 11.6. The number of hydrogen-bond donors (Lipinski definition) is 2. The van der Waals surface area contributed by atoms with E-state index in [0.717, 1.165) is 18.7 Å². The number of benzene rings is 2. The molecule has 6 heteroatoms. The number of rotatable bonds is 7. The van der Waals surface area contributed by atoms with Crippen molar-refractivity contribution < 1.29 is 9.00 Å². The van der Waals surface area contributed by atoms with Crippen LogP contribution in [0.3, 0.4) is 0 Å². The topological polar surface area (TPSA) is 61.4 Å². The van der Waals surface area contributed by atoms with Crippen molar-refractivity contribution in [3.8, 4) is 0 Å². The Bertz CT molecular complexity index is 692. The lowest BCUT2D eigenvalue weighted by molar-refractivity contribution is 0.222. The summed E-state index contributed by atoms with van der Waals surface area (Å²) in [6.45, 7) is 1.44. The highest BCUT2D eigenvalue weighted by molar-refractivity contribution is 7.84. The zero-order valence-corrected chi connectivity index (χ0v) is 14.8. The van der Waals surface area contributed by atoms with Gasteiger partial charge in [0.15, 0.2) is 0 Å². The molecule has 0 aliphatic heterocycles. The molecule has 0 aromatic heterocycles. The maximum Gasteiger partial charge on any atom is 0.321 e. The van der Waals surface area contributed by atoms with E-state index in [1.165, 1.54) is 0 Å². The monoisotopic (exact) mass is 345 g/mol. The third-order valence-corrected chi connectivity index (χ3v) is 4.45. The number of hydrogen-bond acceptors (Lipinski definition) is 3. The summed E-state index contributed by atoms with van der Waals surface area (Å²) in [6, 6.07) is 16.9. The number of anilines is 2. The highest BCUT2D eigenvalue weighted by Crippen LogP contribution is 2.13. The number of para-hydroxylation sites is 1. The zero-order valence-electron chi connectivity index (χ0n) is 14.0. The van der Waals surface area contributed by atoms with E-state index in [9.17, 15) is 9.00 Å². The molecule has 0 fully saturated rings. The summed E-state index contributed by atoms with van der Waals surface area (Å²) >= 11 is 0. The van der Waals surface area contributed by atoms with Crippen molar-refractivity contribution in [2.24, 2.45) is 0 Å². The molecule has 2 aromatic rings. The number of urea groups is 1. The molecule has 1 atom stereocenters. The van der Waals surface area contributed by atoms with Crippen molar-refractivity contribution in [2.45, 2.75) is 11.3 Å². The predicted molar refractivity (Wildman–Crippen MR) is 100.0 cm³/mol. The molecule has 0 aliphatic carbocycles. The highest BCUT2D eigenvalue weighted by Gasteiger charge is 2.09. The van der Waals surface area contributed by atoms with E-state index in [1.54, 1.807) is 42.5 Å². The van der Waals surface area contributed by atoms with E-state index in [4.69, 9.17) is 0 Å². The van der Waals surface area contributed by atoms with Crippen LogP contribution in [0.25, 0.3) is 0 Å². The molecule has 2 amide bonds. The second kappa shape index (κ2) is 9.08. The Kier molecular flexibility index (Phi) is 6.81. The lowest BCUT2D eigenvalue weighted by atomic mass is 10.3. The second-order valence-electron chi connectivity index (χ2n) is 5.48. The molecule has 2 aromatic carbocycles. The third-order valence-electron chi connectivity index (χ3n) is 3.54. The Hall–Kier alpha value is -2.34. The van der Waals surface area contributed by atoms with Gasteiger partial charge in [-0.25, -0.2) is 4.79 Å². The first-order valence-corrected chi connectivity index (χ1v) is 9.36. The molecule has 2 rings (SSSR count). The van der Waals surface area contributed by atoms with Crippen LogP contribution in [0.4, 0.5) is 16.2 Å². The highest BCUT2D eigenvalue weighted by atomic mass is 32.2. The van der Waals surface area contributed by atoms with Gasteiger partial charge >= 0.3 is 6.03 Å². The van der Waals surface area contributed by atoms with E-state index in [2.05, 4.69) is 10.6 Å². The van der Waals surface area contributed by atoms with Crippen molar-refractivity contribution in [3.05, 3.63) is 54.6 Å². The molecule has 0 heterocycles. The fraction of sp³-hybridized carbons (Fsp3) is 0.278. The first-order valence-electron chi connectivity index (χ1n) is 7.81. The van der Waals surface area contributed by atoms with E-state index >= 15 is 0 Å². The number of nitrogens with zero attached hydrogens (tertiary/aromatic N) is 1. The summed E-state index contributed by atoms with van der Waals surface area (Å²) in [5, 5.41) is 6.14. The molecule has 5 nitrogen and oxygen atoms in total. The molecular formula is C18H23N3O2S. The van der Waals surface area contributed by atoms with Crippen LogP contribution < -0.4 is 10.6 Å². The van der Waals surface area contributed by atoms with Crippen molar-refractivity contribution in [2.75, 3.05) is 37.0 Å². The van der Waals surface area contributed by atoms with Crippen LogP contribution in [-0.2, 0) is 10.8 Å². The molecule has 2 N–H and O–H groups in total. The smallest absolute Gasteiger partial charge is 0.321 e.